The largest absolute Gasteiger partial charge is 0.354 e. The van der Waals surface area contributed by atoms with Crippen LogP contribution >= 0.6 is 0 Å². The molecule has 14 heavy (non-hydrogen) atoms. The van der Waals surface area contributed by atoms with Crippen molar-refractivity contribution in [3.05, 3.63) is 0 Å². The fraction of sp³-hybridized carbons (Fsp3) is 0.909. The highest BCUT2D eigenvalue weighted by atomic mass is 16.2. The lowest BCUT2D eigenvalue weighted by Crippen LogP contribution is -2.48. The van der Waals surface area contributed by atoms with E-state index in [1.165, 1.54) is 12.8 Å². The highest BCUT2D eigenvalue weighted by Gasteiger charge is 2.21. The second-order valence-corrected chi connectivity index (χ2v) is 5.28. The monoisotopic (exact) mass is 198 g/mol. The minimum Gasteiger partial charge on any atom is -0.354 e. The van der Waals surface area contributed by atoms with E-state index in [0.29, 0.717) is 0 Å². The zero-order valence-corrected chi connectivity index (χ0v) is 9.52. The number of carbonyl (C=O) groups excluding carboxylic acids is 1. The summed E-state index contributed by atoms with van der Waals surface area (Å²) in [5.74, 6) is 0.166. The van der Waals surface area contributed by atoms with E-state index in [0.717, 1.165) is 19.5 Å². The quantitative estimate of drug-likeness (QED) is 0.702. The van der Waals surface area contributed by atoms with Gasteiger partial charge < -0.3 is 10.6 Å². The third-order valence-electron chi connectivity index (χ3n) is 2.42. The molecule has 1 amide bonds. The SMILES string of the molecule is CC(C)(C)CNC(=O)C1CCCCN1. The topological polar surface area (TPSA) is 41.1 Å². The van der Waals surface area contributed by atoms with Gasteiger partial charge in [-0.1, -0.05) is 27.2 Å². The lowest BCUT2D eigenvalue weighted by Gasteiger charge is -2.25. The number of nitrogens with one attached hydrogen (secondary N) is 2. The first kappa shape index (κ1) is 11.5. The molecule has 0 aromatic rings. The summed E-state index contributed by atoms with van der Waals surface area (Å²) < 4.78 is 0. The Morgan fingerprint density at radius 2 is 2.14 bits per heavy atom. The van der Waals surface area contributed by atoms with Crippen LogP contribution in [0.2, 0.25) is 0 Å². The molecule has 0 aliphatic carbocycles. The Morgan fingerprint density at radius 1 is 1.43 bits per heavy atom. The number of piperidine rings is 1. The summed E-state index contributed by atoms with van der Waals surface area (Å²) in [6.07, 6.45) is 3.35. The highest BCUT2D eigenvalue weighted by Crippen LogP contribution is 2.11. The van der Waals surface area contributed by atoms with Crippen molar-refractivity contribution < 1.29 is 4.79 Å². The van der Waals surface area contributed by atoms with Gasteiger partial charge in [0.05, 0.1) is 6.04 Å². The van der Waals surface area contributed by atoms with Crippen molar-refractivity contribution in [2.75, 3.05) is 13.1 Å². The van der Waals surface area contributed by atoms with Crippen LogP contribution in [0.25, 0.3) is 0 Å². The third-order valence-corrected chi connectivity index (χ3v) is 2.42. The van der Waals surface area contributed by atoms with Crippen molar-refractivity contribution in [3.8, 4) is 0 Å². The summed E-state index contributed by atoms with van der Waals surface area (Å²) in [6, 6.07) is 0.0473. The van der Waals surface area contributed by atoms with Crippen LogP contribution in [0.3, 0.4) is 0 Å². The molecule has 1 unspecified atom stereocenters. The first-order valence-corrected chi connectivity index (χ1v) is 5.50. The maximum absolute atomic E-state index is 11.7. The smallest absolute Gasteiger partial charge is 0.237 e. The molecule has 2 N–H and O–H groups in total. The van der Waals surface area contributed by atoms with Gasteiger partial charge in [0.1, 0.15) is 0 Å². The predicted octanol–water partition coefficient (Wildman–Crippen LogP) is 1.29. The molecule has 0 aromatic carbocycles. The zero-order chi connectivity index (χ0) is 10.6. The van der Waals surface area contributed by atoms with Crippen LogP contribution in [0.1, 0.15) is 40.0 Å². The molecule has 1 rings (SSSR count). The van der Waals surface area contributed by atoms with Gasteiger partial charge >= 0.3 is 0 Å². The first-order valence-electron chi connectivity index (χ1n) is 5.50. The average molecular weight is 198 g/mol. The van der Waals surface area contributed by atoms with Crippen LogP contribution in [0.5, 0.6) is 0 Å². The maximum Gasteiger partial charge on any atom is 0.237 e. The van der Waals surface area contributed by atoms with E-state index >= 15 is 0 Å². The van der Waals surface area contributed by atoms with Crippen LogP contribution in [0, 0.1) is 5.41 Å². The summed E-state index contributed by atoms with van der Waals surface area (Å²) in [6.45, 7) is 8.11. The molecule has 3 heteroatoms. The van der Waals surface area contributed by atoms with Gasteiger partial charge in [-0.25, -0.2) is 0 Å². The average Bonchev–Trinajstić information content (AvgIpc) is 2.14. The Labute approximate surface area is 86.6 Å². The van der Waals surface area contributed by atoms with Crippen molar-refractivity contribution in [1.29, 1.82) is 0 Å². The minimum atomic E-state index is 0.0473. The van der Waals surface area contributed by atoms with Crippen molar-refractivity contribution in [1.82, 2.24) is 10.6 Å². The van der Waals surface area contributed by atoms with E-state index in [4.69, 9.17) is 0 Å². The van der Waals surface area contributed by atoms with Crippen LogP contribution in [-0.2, 0) is 4.79 Å². The molecule has 0 spiro atoms. The number of carbonyl (C=O) groups is 1. The van der Waals surface area contributed by atoms with Crippen LogP contribution < -0.4 is 10.6 Å². The summed E-state index contributed by atoms with van der Waals surface area (Å²) in [7, 11) is 0. The molecule has 0 saturated carbocycles. The molecule has 1 aliphatic rings. The molecular formula is C11H22N2O. The zero-order valence-electron chi connectivity index (χ0n) is 9.52. The molecule has 0 bridgehead atoms. The van der Waals surface area contributed by atoms with Crippen molar-refractivity contribution in [2.24, 2.45) is 5.41 Å². The van der Waals surface area contributed by atoms with Gasteiger partial charge in [-0.15, -0.1) is 0 Å². The van der Waals surface area contributed by atoms with E-state index in [2.05, 4.69) is 31.4 Å². The summed E-state index contributed by atoms with van der Waals surface area (Å²) in [5.41, 5.74) is 0.171. The van der Waals surface area contributed by atoms with Gasteiger partial charge in [0.2, 0.25) is 5.91 Å². The third kappa shape index (κ3) is 4.09. The normalized spacial score (nSPS) is 23.2. The van der Waals surface area contributed by atoms with Gasteiger partial charge in [0.25, 0.3) is 0 Å². The summed E-state index contributed by atoms with van der Waals surface area (Å²) in [5, 5.41) is 6.23. The van der Waals surface area contributed by atoms with Crippen LogP contribution in [0.4, 0.5) is 0 Å². The Balaban J connectivity index is 2.27. The summed E-state index contributed by atoms with van der Waals surface area (Å²) in [4.78, 5) is 11.7. The Hall–Kier alpha value is -0.570. The molecule has 0 radical (unpaired) electrons. The van der Waals surface area contributed by atoms with Gasteiger partial charge in [-0.05, 0) is 24.8 Å². The van der Waals surface area contributed by atoms with Crippen molar-refractivity contribution >= 4 is 5.91 Å². The van der Waals surface area contributed by atoms with E-state index in [-0.39, 0.29) is 17.4 Å². The van der Waals surface area contributed by atoms with E-state index in [1.807, 2.05) is 0 Å². The second kappa shape index (κ2) is 4.78. The fourth-order valence-electron chi connectivity index (χ4n) is 1.55. The van der Waals surface area contributed by atoms with E-state index in [1.54, 1.807) is 0 Å². The Bertz CT molecular complexity index is 190. The molecule has 1 fully saturated rings. The molecule has 82 valence electrons. The molecule has 1 atom stereocenters. The Kier molecular flexibility index (Phi) is 3.93. The van der Waals surface area contributed by atoms with Crippen LogP contribution in [0.15, 0.2) is 0 Å². The lowest BCUT2D eigenvalue weighted by molar-refractivity contribution is -0.124. The molecule has 1 aliphatic heterocycles. The number of rotatable bonds is 2. The summed E-state index contributed by atoms with van der Waals surface area (Å²) >= 11 is 0. The molecule has 1 saturated heterocycles. The molecule has 1 heterocycles. The van der Waals surface area contributed by atoms with Gasteiger partial charge in [-0.2, -0.15) is 0 Å². The first-order chi connectivity index (χ1) is 6.49. The molecule has 3 nitrogen and oxygen atoms in total. The van der Waals surface area contributed by atoms with E-state index in [9.17, 15) is 4.79 Å². The lowest BCUT2D eigenvalue weighted by atomic mass is 9.96. The van der Waals surface area contributed by atoms with Crippen molar-refractivity contribution in [2.45, 2.75) is 46.1 Å². The molecule has 0 aromatic heterocycles. The predicted molar refractivity (Wildman–Crippen MR) is 58.1 cm³/mol. The maximum atomic E-state index is 11.7. The van der Waals surface area contributed by atoms with Gasteiger partial charge in [-0.3, -0.25) is 4.79 Å². The standard InChI is InChI=1S/C11H22N2O/c1-11(2,3)8-13-10(14)9-6-4-5-7-12-9/h9,12H,4-8H2,1-3H3,(H,13,14). The minimum absolute atomic E-state index is 0.0473. The number of hydrogen-bond donors (Lipinski definition) is 2. The van der Waals surface area contributed by atoms with E-state index < -0.39 is 0 Å². The van der Waals surface area contributed by atoms with Gasteiger partial charge in [0, 0.05) is 6.54 Å². The highest BCUT2D eigenvalue weighted by molar-refractivity contribution is 5.81. The Morgan fingerprint density at radius 3 is 2.64 bits per heavy atom. The van der Waals surface area contributed by atoms with Gasteiger partial charge in [0.15, 0.2) is 0 Å². The molecular weight excluding hydrogens is 176 g/mol. The van der Waals surface area contributed by atoms with Crippen molar-refractivity contribution in [3.63, 3.8) is 0 Å². The van der Waals surface area contributed by atoms with Crippen LogP contribution in [-0.4, -0.2) is 25.0 Å². The second-order valence-electron chi connectivity index (χ2n) is 5.28. The fourth-order valence-corrected chi connectivity index (χ4v) is 1.55. The number of hydrogen-bond acceptors (Lipinski definition) is 2. The number of amides is 1.